The van der Waals surface area contributed by atoms with Crippen molar-refractivity contribution in [3.05, 3.63) is 52.9 Å². The molecule has 0 atom stereocenters. The zero-order valence-electron chi connectivity index (χ0n) is 21.1. The van der Waals surface area contributed by atoms with E-state index in [-0.39, 0.29) is 22.9 Å². The standard InChI is InChI=1S/C27H32ClFN4O3/c1-5-35-24-15-22-18(14-23(24)33-12-10-32(11-13-33)17(3)4)26(19(16-30-22)27(34)36-6-2)31-21-9-7-8-20(28)25(21)29/h7-9,14-17H,5-6,10-13H2,1-4H3,(H,30,31). The fourth-order valence-corrected chi connectivity index (χ4v) is 4.61. The number of hydrogen-bond donors (Lipinski definition) is 1. The van der Waals surface area contributed by atoms with Crippen molar-refractivity contribution in [2.75, 3.05) is 49.6 Å². The highest BCUT2D eigenvalue weighted by Crippen LogP contribution is 2.39. The SMILES string of the molecule is CCOC(=O)c1cnc2cc(OCC)c(N3CCN(C(C)C)CC3)cc2c1Nc1cccc(Cl)c1F. The van der Waals surface area contributed by atoms with Gasteiger partial charge in [0.2, 0.25) is 0 Å². The quantitative estimate of drug-likeness (QED) is 0.377. The number of carbonyl (C=O) groups is 1. The Morgan fingerprint density at radius 2 is 1.92 bits per heavy atom. The Balaban J connectivity index is 1.86. The molecule has 1 saturated heterocycles. The Bertz CT molecular complexity index is 1250. The summed E-state index contributed by atoms with van der Waals surface area (Å²) in [5, 5.41) is 3.74. The first-order valence-electron chi connectivity index (χ1n) is 12.3. The highest BCUT2D eigenvalue weighted by atomic mass is 35.5. The first kappa shape index (κ1) is 26.0. The van der Waals surface area contributed by atoms with Crippen molar-refractivity contribution in [3.63, 3.8) is 0 Å². The number of piperazine rings is 1. The number of halogens is 2. The number of hydrogen-bond acceptors (Lipinski definition) is 7. The Hall–Kier alpha value is -3.10. The number of nitrogens with zero attached hydrogens (tertiary/aromatic N) is 3. The van der Waals surface area contributed by atoms with Gasteiger partial charge in [-0.25, -0.2) is 9.18 Å². The number of benzene rings is 2. The minimum absolute atomic E-state index is 0.0154. The molecule has 9 heteroatoms. The summed E-state index contributed by atoms with van der Waals surface area (Å²) >= 11 is 6.02. The van der Waals surface area contributed by atoms with E-state index >= 15 is 0 Å². The lowest BCUT2D eigenvalue weighted by atomic mass is 10.1. The summed E-state index contributed by atoms with van der Waals surface area (Å²) in [5.74, 6) is -0.424. The van der Waals surface area contributed by atoms with Gasteiger partial charge in [0.15, 0.2) is 5.82 Å². The number of pyridine rings is 1. The number of carbonyl (C=O) groups excluding carboxylic acids is 1. The predicted molar refractivity (Wildman–Crippen MR) is 142 cm³/mol. The largest absolute Gasteiger partial charge is 0.492 e. The molecule has 0 aliphatic carbocycles. The molecule has 0 spiro atoms. The van der Waals surface area contributed by atoms with Crippen LogP contribution in [0.5, 0.6) is 5.75 Å². The van der Waals surface area contributed by atoms with Gasteiger partial charge >= 0.3 is 5.97 Å². The lowest BCUT2D eigenvalue weighted by Crippen LogP contribution is -2.49. The smallest absolute Gasteiger partial charge is 0.341 e. The molecule has 0 amide bonds. The van der Waals surface area contributed by atoms with Gasteiger partial charge in [-0.15, -0.1) is 0 Å². The molecule has 1 N–H and O–H groups in total. The van der Waals surface area contributed by atoms with Crippen LogP contribution in [0, 0.1) is 5.82 Å². The minimum Gasteiger partial charge on any atom is -0.492 e. The molecule has 1 aliphatic heterocycles. The number of fused-ring (bicyclic) bond motifs is 1. The van der Waals surface area contributed by atoms with Gasteiger partial charge in [-0.3, -0.25) is 9.88 Å². The first-order chi connectivity index (χ1) is 17.3. The number of aromatic nitrogens is 1. The maximum atomic E-state index is 14.8. The molecule has 0 bridgehead atoms. The summed E-state index contributed by atoms with van der Waals surface area (Å²) in [7, 11) is 0. The molecular weight excluding hydrogens is 483 g/mol. The monoisotopic (exact) mass is 514 g/mol. The summed E-state index contributed by atoms with van der Waals surface area (Å²) in [6.45, 7) is 12.3. The van der Waals surface area contributed by atoms with Crippen molar-refractivity contribution in [3.8, 4) is 5.75 Å². The number of nitrogens with one attached hydrogen (secondary N) is 1. The molecule has 1 aromatic heterocycles. The van der Waals surface area contributed by atoms with E-state index in [1.54, 1.807) is 19.1 Å². The minimum atomic E-state index is -0.602. The molecule has 4 rings (SSSR count). The first-order valence-corrected chi connectivity index (χ1v) is 12.7. The van der Waals surface area contributed by atoms with Gasteiger partial charge in [0.25, 0.3) is 0 Å². The summed E-state index contributed by atoms with van der Waals surface area (Å²) in [4.78, 5) is 22.1. The summed E-state index contributed by atoms with van der Waals surface area (Å²) in [6, 6.07) is 9.01. The number of ether oxygens (including phenoxy) is 2. The van der Waals surface area contributed by atoms with Crippen molar-refractivity contribution in [2.24, 2.45) is 0 Å². The third-order valence-corrected chi connectivity index (χ3v) is 6.63. The average molecular weight is 515 g/mol. The van der Waals surface area contributed by atoms with Crippen LogP contribution in [0.1, 0.15) is 38.1 Å². The van der Waals surface area contributed by atoms with Gasteiger partial charge in [-0.2, -0.15) is 0 Å². The Kier molecular flexibility index (Phi) is 8.16. The van der Waals surface area contributed by atoms with Gasteiger partial charge in [0.1, 0.15) is 11.3 Å². The normalized spacial score (nSPS) is 14.4. The zero-order chi connectivity index (χ0) is 25.8. The molecule has 0 radical (unpaired) electrons. The lowest BCUT2D eigenvalue weighted by Gasteiger charge is -2.38. The molecule has 0 unspecified atom stereocenters. The molecule has 3 aromatic rings. The second-order valence-corrected chi connectivity index (χ2v) is 9.29. The molecule has 1 fully saturated rings. The molecular formula is C27H32ClFN4O3. The van der Waals surface area contributed by atoms with Crippen molar-refractivity contribution >= 4 is 45.5 Å². The fraction of sp³-hybridized carbons (Fsp3) is 0.407. The number of anilines is 3. The second-order valence-electron chi connectivity index (χ2n) is 8.88. The molecule has 192 valence electrons. The summed E-state index contributed by atoms with van der Waals surface area (Å²) in [5.41, 5.74) is 2.29. The summed E-state index contributed by atoms with van der Waals surface area (Å²) < 4.78 is 26.1. The van der Waals surface area contributed by atoms with E-state index in [9.17, 15) is 9.18 Å². The van der Waals surface area contributed by atoms with Gasteiger partial charge in [-0.1, -0.05) is 17.7 Å². The van der Waals surface area contributed by atoms with Gasteiger partial charge in [-0.05, 0) is 45.9 Å². The molecule has 36 heavy (non-hydrogen) atoms. The highest BCUT2D eigenvalue weighted by molar-refractivity contribution is 6.31. The van der Waals surface area contributed by atoms with Gasteiger partial charge in [0, 0.05) is 49.9 Å². The van der Waals surface area contributed by atoms with Crippen LogP contribution in [0.15, 0.2) is 36.5 Å². The maximum absolute atomic E-state index is 14.8. The van der Waals surface area contributed by atoms with E-state index in [1.165, 1.54) is 12.3 Å². The van der Waals surface area contributed by atoms with Crippen LogP contribution in [0.2, 0.25) is 5.02 Å². The number of esters is 1. The van der Waals surface area contributed by atoms with Crippen LogP contribution in [0.4, 0.5) is 21.5 Å². The lowest BCUT2D eigenvalue weighted by molar-refractivity contribution is 0.0527. The fourth-order valence-electron chi connectivity index (χ4n) is 4.44. The second kappa shape index (κ2) is 11.3. The van der Waals surface area contributed by atoms with Crippen LogP contribution in [-0.2, 0) is 4.74 Å². The number of rotatable bonds is 8. The van der Waals surface area contributed by atoms with Crippen molar-refractivity contribution in [1.29, 1.82) is 0 Å². The van der Waals surface area contributed by atoms with E-state index < -0.39 is 11.8 Å². The maximum Gasteiger partial charge on any atom is 0.341 e. The van der Waals surface area contributed by atoms with Crippen LogP contribution in [-0.4, -0.2) is 61.3 Å². The Morgan fingerprint density at radius 1 is 1.17 bits per heavy atom. The third-order valence-electron chi connectivity index (χ3n) is 6.34. The van der Waals surface area contributed by atoms with E-state index in [0.29, 0.717) is 29.2 Å². The van der Waals surface area contributed by atoms with E-state index in [4.69, 9.17) is 21.1 Å². The van der Waals surface area contributed by atoms with Crippen LogP contribution in [0.3, 0.4) is 0 Å². The molecule has 1 aliphatic rings. The molecule has 2 aromatic carbocycles. The Labute approximate surface area is 216 Å². The van der Waals surface area contributed by atoms with Crippen molar-refractivity contribution < 1.29 is 18.7 Å². The van der Waals surface area contributed by atoms with Gasteiger partial charge in [0.05, 0.1) is 40.8 Å². The Morgan fingerprint density at radius 3 is 2.58 bits per heavy atom. The van der Waals surface area contributed by atoms with E-state index in [0.717, 1.165) is 37.6 Å². The van der Waals surface area contributed by atoms with Crippen molar-refractivity contribution in [1.82, 2.24) is 9.88 Å². The highest BCUT2D eigenvalue weighted by Gasteiger charge is 2.25. The van der Waals surface area contributed by atoms with E-state index in [2.05, 4.69) is 33.9 Å². The van der Waals surface area contributed by atoms with Crippen LogP contribution in [0.25, 0.3) is 10.9 Å². The van der Waals surface area contributed by atoms with Crippen molar-refractivity contribution in [2.45, 2.75) is 33.7 Å². The molecule has 7 nitrogen and oxygen atoms in total. The average Bonchev–Trinajstić information content (AvgIpc) is 2.87. The molecule has 0 saturated carbocycles. The van der Waals surface area contributed by atoms with Crippen LogP contribution >= 0.6 is 11.6 Å². The van der Waals surface area contributed by atoms with Crippen LogP contribution < -0.4 is 15.0 Å². The summed E-state index contributed by atoms with van der Waals surface area (Å²) in [6.07, 6.45) is 1.45. The third kappa shape index (κ3) is 5.34. The van der Waals surface area contributed by atoms with E-state index in [1.807, 2.05) is 19.1 Å². The predicted octanol–water partition coefficient (Wildman–Crippen LogP) is 5.88. The zero-order valence-corrected chi connectivity index (χ0v) is 21.9. The molecule has 2 heterocycles. The van der Waals surface area contributed by atoms with Gasteiger partial charge < -0.3 is 19.7 Å². The topological polar surface area (TPSA) is 66.9 Å².